The lowest BCUT2D eigenvalue weighted by molar-refractivity contribution is 0.101. The minimum atomic E-state index is -0.0659. The van der Waals surface area contributed by atoms with Gasteiger partial charge in [-0.2, -0.15) is 0 Å². The van der Waals surface area contributed by atoms with Crippen molar-refractivity contribution in [3.63, 3.8) is 0 Å². The molecular formula is C16H22N2O2. The summed E-state index contributed by atoms with van der Waals surface area (Å²) in [4.78, 5) is 25.5. The summed E-state index contributed by atoms with van der Waals surface area (Å²) in [5, 5.41) is 2.89. The Hall–Kier alpha value is -1.84. The van der Waals surface area contributed by atoms with Crippen LogP contribution in [-0.4, -0.2) is 29.8 Å². The molecular weight excluding hydrogens is 252 g/mol. The van der Waals surface area contributed by atoms with E-state index >= 15 is 0 Å². The van der Waals surface area contributed by atoms with Crippen molar-refractivity contribution < 1.29 is 9.59 Å². The zero-order valence-electron chi connectivity index (χ0n) is 12.2. The molecule has 0 spiro atoms. The second kappa shape index (κ2) is 6.55. The average molecular weight is 274 g/mol. The van der Waals surface area contributed by atoms with Crippen LogP contribution < -0.4 is 5.32 Å². The molecule has 108 valence electrons. The second-order valence-corrected chi connectivity index (χ2v) is 5.43. The summed E-state index contributed by atoms with van der Waals surface area (Å²) in [6, 6.07) is 7.01. The van der Waals surface area contributed by atoms with E-state index in [9.17, 15) is 9.59 Å². The first-order chi connectivity index (χ1) is 9.60. The lowest BCUT2D eigenvalue weighted by Crippen LogP contribution is -2.42. The topological polar surface area (TPSA) is 49.4 Å². The van der Waals surface area contributed by atoms with Crippen LogP contribution >= 0.6 is 0 Å². The fourth-order valence-corrected chi connectivity index (χ4v) is 2.60. The van der Waals surface area contributed by atoms with E-state index in [1.807, 2.05) is 11.0 Å². The van der Waals surface area contributed by atoms with Crippen LogP contribution in [0.15, 0.2) is 24.3 Å². The van der Waals surface area contributed by atoms with Gasteiger partial charge in [0.05, 0.1) is 0 Å². The molecule has 1 heterocycles. The molecule has 1 saturated heterocycles. The normalized spacial score (nSPS) is 18.7. The maximum atomic E-state index is 12.2. The van der Waals surface area contributed by atoms with Crippen LogP contribution in [0.25, 0.3) is 0 Å². The van der Waals surface area contributed by atoms with Crippen LogP contribution in [0, 0.1) is 5.92 Å². The number of urea groups is 1. The van der Waals surface area contributed by atoms with Gasteiger partial charge in [0.25, 0.3) is 0 Å². The van der Waals surface area contributed by atoms with Crippen LogP contribution in [0.3, 0.4) is 0 Å². The zero-order chi connectivity index (χ0) is 14.5. The highest BCUT2D eigenvalue weighted by Crippen LogP contribution is 2.20. The molecule has 0 saturated carbocycles. The molecule has 0 aromatic heterocycles. The molecule has 0 aliphatic carbocycles. The largest absolute Gasteiger partial charge is 0.324 e. The van der Waals surface area contributed by atoms with Gasteiger partial charge in [0.1, 0.15) is 0 Å². The molecule has 2 amide bonds. The lowest BCUT2D eigenvalue weighted by atomic mass is 9.96. The summed E-state index contributed by atoms with van der Waals surface area (Å²) < 4.78 is 0. The molecule has 1 aromatic carbocycles. The highest BCUT2D eigenvalue weighted by molar-refractivity contribution is 5.96. The van der Waals surface area contributed by atoms with E-state index in [2.05, 4.69) is 12.2 Å². The molecule has 0 radical (unpaired) electrons. The Morgan fingerprint density at radius 1 is 1.40 bits per heavy atom. The summed E-state index contributed by atoms with van der Waals surface area (Å²) in [5.74, 6) is 0.614. The molecule has 0 unspecified atom stereocenters. The molecule has 4 heteroatoms. The molecule has 1 aromatic rings. The van der Waals surface area contributed by atoms with E-state index in [0.29, 0.717) is 17.2 Å². The molecule has 1 atom stereocenters. The van der Waals surface area contributed by atoms with Crippen molar-refractivity contribution >= 4 is 17.5 Å². The summed E-state index contributed by atoms with van der Waals surface area (Å²) in [7, 11) is 0. The fraction of sp³-hybridized carbons (Fsp3) is 0.500. The number of benzene rings is 1. The smallest absolute Gasteiger partial charge is 0.321 e. The number of anilines is 1. The maximum Gasteiger partial charge on any atom is 0.321 e. The van der Waals surface area contributed by atoms with Crippen molar-refractivity contribution in [2.24, 2.45) is 5.92 Å². The van der Waals surface area contributed by atoms with Crippen molar-refractivity contribution in [1.82, 2.24) is 4.90 Å². The van der Waals surface area contributed by atoms with Gasteiger partial charge in [-0.15, -0.1) is 0 Å². The predicted molar refractivity (Wildman–Crippen MR) is 80.1 cm³/mol. The van der Waals surface area contributed by atoms with Crippen molar-refractivity contribution in [2.45, 2.75) is 33.1 Å². The minimum Gasteiger partial charge on any atom is -0.324 e. The molecule has 1 aliphatic rings. The van der Waals surface area contributed by atoms with E-state index in [1.54, 1.807) is 18.2 Å². The lowest BCUT2D eigenvalue weighted by Gasteiger charge is -2.32. The fourth-order valence-electron chi connectivity index (χ4n) is 2.60. The minimum absolute atomic E-state index is 0.00474. The Kier molecular flexibility index (Phi) is 4.77. The Bertz CT molecular complexity index is 499. The number of piperidine rings is 1. The van der Waals surface area contributed by atoms with Crippen molar-refractivity contribution in [3.05, 3.63) is 29.8 Å². The number of hydrogen-bond acceptors (Lipinski definition) is 2. The summed E-state index contributed by atoms with van der Waals surface area (Å²) >= 11 is 0. The molecule has 20 heavy (non-hydrogen) atoms. The van der Waals surface area contributed by atoms with Crippen LogP contribution in [0.1, 0.15) is 43.5 Å². The number of nitrogens with zero attached hydrogens (tertiary/aromatic N) is 1. The standard InChI is InChI=1S/C16H22N2O2/c1-3-13-6-5-9-18(11-13)16(20)17-15-8-4-7-14(10-15)12(2)19/h4,7-8,10,13H,3,5-6,9,11H2,1-2H3,(H,17,20)/t13-/m0/s1. The number of ketones is 1. The Balaban J connectivity index is 2.00. The molecule has 4 nitrogen and oxygen atoms in total. The Morgan fingerprint density at radius 3 is 2.90 bits per heavy atom. The zero-order valence-corrected chi connectivity index (χ0v) is 12.2. The highest BCUT2D eigenvalue weighted by atomic mass is 16.2. The van der Waals surface area contributed by atoms with Gasteiger partial charge in [-0.05, 0) is 37.8 Å². The number of hydrogen-bond donors (Lipinski definition) is 1. The van der Waals surface area contributed by atoms with E-state index < -0.39 is 0 Å². The third-order valence-corrected chi connectivity index (χ3v) is 3.90. The van der Waals surface area contributed by atoms with Crippen LogP contribution in [-0.2, 0) is 0 Å². The number of rotatable bonds is 3. The van der Waals surface area contributed by atoms with E-state index in [-0.39, 0.29) is 11.8 Å². The highest BCUT2D eigenvalue weighted by Gasteiger charge is 2.22. The second-order valence-electron chi connectivity index (χ2n) is 5.43. The van der Waals surface area contributed by atoms with E-state index in [0.717, 1.165) is 25.9 Å². The summed E-state index contributed by atoms with van der Waals surface area (Å²) in [6.07, 6.45) is 3.39. The Labute approximate surface area is 120 Å². The van der Waals surface area contributed by atoms with Gasteiger partial charge in [-0.3, -0.25) is 4.79 Å². The summed E-state index contributed by atoms with van der Waals surface area (Å²) in [5.41, 5.74) is 1.30. The number of amides is 2. The van der Waals surface area contributed by atoms with Gasteiger partial charge >= 0.3 is 6.03 Å². The molecule has 0 bridgehead atoms. The van der Waals surface area contributed by atoms with E-state index in [1.165, 1.54) is 13.3 Å². The van der Waals surface area contributed by atoms with Gasteiger partial charge in [0.15, 0.2) is 5.78 Å². The van der Waals surface area contributed by atoms with E-state index in [4.69, 9.17) is 0 Å². The molecule has 2 rings (SSSR count). The number of likely N-dealkylation sites (tertiary alicyclic amines) is 1. The third-order valence-electron chi connectivity index (χ3n) is 3.90. The van der Waals surface area contributed by atoms with Gasteiger partial charge in [0, 0.05) is 24.3 Å². The quantitative estimate of drug-likeness (QED) is 0.857. The van der Waals surface area contributed by atoms with Crippen molar-refractivity contribution in [1.29, 1.82) is 0 Å². The van der Waals surface area contributed by atoms with Gasteiger partial charge < -0.3 is 10.2 Å². The maximum absolute atomic E-state index is 12.2. The van der Waals surface area contributed by atoms with Crippen molar-refractivity contribution in [3.8, 4) is 0 Å². The van der Waals surface area contributed by atoms with Crippen LogP contribution in [0.5, 0.6) is 0 Å². The van der Waals surface area contributed by atoms with Crippen LogP contribution in [0.4, 0.5) is 10.5 Å². The monoisotopic (exact) mass is 274 g/mol. The molecule has 1 N–H and O–H groups in total. The average Bonchev–Trinajstić information content (AvgIpc) is 2.47. The predicted octanol–water partition coefficient (Wildman–Crippen LogP) is 3.54. The molecule has 1 fully saturated rings. The summed E-state index contributed by atoms with van der Waals surface area (Å²) in [6.45, 7) is 5.34. The van der Waals surface area contributed by atoms with Gasteiger partial charge in [-0.25, -0.2) is 4.79 Å². The Morgan fingerprint density at radius 2 is 2.20 bits per heavy atom. The van der Waals surface area contributed by atoms with Gasteiger partial charge in [0.2, 0.25) is 0 Å². The third kappa shape index (κ3) is 3.59. The number of carbonyl (C=O) groups is 2. The first kappa shape index (κ1) is 14.6. The molecule has 1 aliphatic heterocycles. The van der Waals surface area contributed by atoms with Crippen molar-refractivity contribution in [2.75, 3.05) is 18.4 Å². The first-order valence-corrected chi connectivity index (χ1v) is 7.27. The van der Waals surface area contributed by atoms with Gasteiger partial charge in [-0.1, -0.05) is 25.5 Å². The number of Topliss-reactive ketones (excluding diaryl/α,β-unsaturated/α-hetero) is 1. The number of nitrogens with one attached hydrogen (secondary N) is 1. The SMILES string of the molecule is CC[C@H]1CCCN(C(=O)Nc2cccc(C(C)=O)c2)C1. The van der Waals surface area contributed by atoms with Crippen LogP contribution in [0.2, 0.25) is 0 Å². The first-order valence-electron chi connectivity index (χ1n) is 7.27. The number of carbonyl (C=O) groups excluding carboxylic acids is 2.